The quantitative estimate of drug-likeness (QED) is 0.616. The Balaban J connectivity index is 2.15. The maximum Gasteiger partial charge on any atom is 0.0643 e. The van der Waals surface area contributed by atoms with Gasteiger partial charge in [-0.05, 0) is 26.2 Å². The Morgan fingerprint density at radius 2 is 2.45 bits per heavy atom. The lowest BCUT2D eigenvalue weighted by molar-refractivity contribution is 0.0381. The van der Waals surface area contributed by atoms with E-state index < -0.39 is 0 Å². The second-order valence-corrected chi connectivity index (χ2v) is 4.59. The van der Waals surface area contributed by atoms with E-state index in [0.29, 0.717) is 17.6 Å². The molecule has 0 unspecified atom stereocenters. The van der Waals surface area contributed by atoms with Gasteiger partial charge < -0.3 is 4.74 Å². The number of alkyl halides is 1. The van der Waals surface area contributed by atoms with Gasteiger partial charge in [-0.25, -0.2) is 0 Å². The van der Waals surface area contributed by atoms with Gasteiger partial charge in [0.25, 0.3) is 0 Å². The van der Waals surface area contributed by atoms with Crippen LogP contribution in [0.2, 0.25) is 0 Å². The molecule has 0 aromatic carbocycles. The van der Waals surface area contributed by atoms with Gasteiger partial charge in [0.1, 0.15) is 0 Å². The fourth-order valence-corrected chi connectivity index (χ4v) is 3.53. The molecule has 11 heavy (non-hydrogen) atoms. The summed E-state index contributed by atoms with van der Waals surface area (Å²) in [6.07, 6.45) is 6.35. The van der Waals surface area contributed by atoms with Crippen LogP contribution in [0, 0.1) is 5.41 Å². The van der Waals surface area contributed by atoms with Gasteiger partial charge in [-0.1, -0.05) is 22.4 Å². The van der Waals surface area contributed by atoms with Gasteiger partial charge in [0, 0.05) is 10.7 Å². The SMILES string of the molecule is C[C@@H]1C[C@]2(CBr)CCC[C@@H]2O1. The first-order valence-corrected chi connectivity index (χ1v) is 5.60. The van der Waals surface area contributed by atoms with Crippen LogP contribution in [0.3, 0.4) is 0 Å². The van der Waals surface area contributed by atoms with E-state index in [0.717, 1.165) is 5.33 Å². The predicted octanol–water partition coefficient (Wildman–Crippen LogP) is 2.73. The zero-order chi connectivity index (χ0) is 7.90. The highest BCUT2D eigenvalue weighted by Crippen LogP contribution is 2.50. The lowest BCUT2D eigenvalue weighted by Crippen LogP contribution is -2.26. The maximum absolute atomic E-state index is 5.85. The first kappa shape index (κ1) is 8.06. The lowest BCUT2D eigenvalue weighted by atomic mass is 9.84. The first-order chi connectivity index (χ1) is 5.27. The van der Waals surface area contributed by atoms with Crippen molar-refractivity contribution >= 4 is 15.9 Å². The molecule has 0 N–H and O–H groups in total. The number of halogens is 1. The molecular formula is C9H15BrO. The van der Waals surface area contributed by atoms with Crippen molar-refractivity contribution in [2.45, 2.75) is 44.8 Å². The average Bonchev–Trinajstić information content (AvgIpc) is 2.43. The van der Waals surface area contributed by atoms with Crippen molar-refractivity contribution in [3.05, 3.63) is 0 Å². The molecular weight excluding hydrogens is 204 g/mol. The van der Waals surface area contributed by atoms with Crippen LogP contribution >= 0.6 is 15.9 Å². The molecule has 0 amide bonds. The first-order valence-electron chi connectivity index (χ1n) is 4.48. The molecule has 2 heteroatoms. The molecule has 0 aromatic heterocycles. The Morgan fingerprint density at radius 3 is 3.09 bits per heavy atom. The third kappa shape index (κ3) is 1.15. The Morgan fingerprint density at radius 1 is 1.64 bits per heavy atom. The van der Waals surface area contributed by atoms with Crippen molar-refractivity contribution in [2.75, 3.05) is 5.33 Å². The van der Waals surface area contributed by atoms with E-state index in [1.54, 1.807) is 0 Å². The van der Waals surface area contributed by atoms with E-state index in [-0.39, 0.29) is 0 Å². The van der Waals surface area contributed by atoms with Gasteiger partial charge >= 0.3 is 0 Å². The molecule has 2 fully saturated rings. The maximum atomic E-state index is 5.85. The van der Waals surface area contributed by atoms with Crippen LogP contribution in [-0.4, -0.2) is 17.5 Å². The fourth-order valence-electron chi connectivity index (χ4n) is 2.66. The van der Waals surface area contributed by atoms with Crippen LogP contribution in [0.25, 0.3) is 0 Å². The third-order valence-electron chi connectivity index (χ3n) is 3.18. The monoisotopic (exact) mass is 218 g/mol. The normalized spacial score (nSPS) is 49.6. The van der Waals surface area contributed by atoms with Crippen LogP contribution in [-0.2, 0) is 4.74 Å². The lowest BCUT2D eigenvalue weighted by Gasteiger charge is -2.24. The topological polar surface area (TPSA) is 9.23 Å². The Labute approximate surface area is 76.6 Å². The summed E-state index contributed by atoms with van der Waals surface area (Å²) in [7, 11) is 0. The molecule has 3 atom stereocenters. The minimum atomic E-state index is 0.498. The van der Waals surface area contributed by atoms with Crippen LogP contribution in [0.4, 0.5) is 0 Å². The van der Waals surface area contributed by atoms with Gasteiger partial charge in [0.05, 0.1) is 12.2 Å². The Hall–Kier alpha value is 0.440. The summed E-state index contributed by atoms with van der Waals surface area (Å²) in [5.41, 5.74) is 0.513. The van der Waals surface area contributed by atoms with Crippen molar-refractivity contribution in [2.24, 2.45) is 5.41 Å². The van der Waals surface area contributed by atoms with Gasteiger partial charge in [0.2, 0.25) is 0 Å². The van der Waals surface area contributed by atoms with E-state index >= 15 is 0 Å². The van der Waals surface area contributed by atoms with Crippen molar-refractivity contribution < 1.29 is 4.74 Å². The summed E-state index contributed by atoms with van der Waals surface area (Å²) in [4.78, 5) is 0. The number of ether oxygens (including phenoxy) is 1. The smallest absolute Gasteiger partial charge is 0.0643 e. The van der Waals surface area contributed by atoms with E-state index in [2.05, 4.69) is 22.9 Å². The molecule has 1 nitrogen and oxygen atoms in total. The molecule has 0 bridgehead atoms. The highest BCUT2D eigenvalue weighted by molar-refractivity contribution is 9.09. The van der Waals surface area contributed by atoms with Crippen LogP contribution in [0.1, 0.15) is 32.6 Å². The summed E-state index contributed by atoms with van der Waals surface area (Å²) >= 11 is 3.62. The molecule has 1 heterocycles. The summed E-state index contributed by atoms with van der Waals surface area (Å²) < 4.78 is 5.85. The summed E-state index contributed by atoms with van der Waals surface area (Å²) in [6.45, 7) is 2.20. The predicted molar refractivity (Wildman–Crippen MR) is 49.0 cm³/mol. The minimum absolute atomic E-state index is 0.498. The molecule has 2 rings (SSSR count). The summed E-state index contributed by atoms with van der Waals surface area (Å²) in [5, 5.41) is 1.13. The molecule has 0 radical (unpaired) electrons. The second-order valence-electron chi connectivity index (χ2n) is 4.03. The number of hydrogen-bond donors (Lipinski definition) is 0. The van der Waals surface area contributed by atoms with E-state index in [1.807, 2.05) is 0 Å². The standard InChI is InChI=1S/C9H15BrO/c1-7-5-9(6-10)4-2-3-8(9)11-7/h7-8H,2-6H2,1H3/t7-,8+,9+/m1/s1. The third-order valence-corrected chi connectivity index (χ3v) is 4.30. The van der Waals surface area contributed by atoms with Crippen molar-refractivity contribution in [3.63, 3.8) is 0 Å². The molecule has 1 aliphatic heterocycles. The molecule has 0 aromatic rings. The summed E-state index contributed by atoms with van der Waals surface area (Å²) in [5.74, 6) is 0. The summed E-state index contributed by atoms with van der Waals surface area (Å²) in [6, 6.07) is 0. The Kier molecular flexibility index (Phi) is 2.00. The zero-order valence-electron chi connectivity index (χ0n) is 6.98. The second kappa shape index (κ2) is 2.74. The van der Waals surface area contributed by atoms with Crippen LogP contribution < -0.4 is 0 Å². The average molecular weight is 219 g/mol. The highest BCUT2D eigenvalue weighted by atomic mass is 79.9. The molecule has 2 aliphatic rings. The van der Waals surface area contributed by atoms with E-state index in [9.17, 15) is 0 Å². The van der Waals surface area contributed by atoms with Gasteiger partial charge in [-0.15, -0.1) is 0 Å². The van der Waals surface area contributed by atoms with Crippen molar-refractivity contribution in [3.8, 4) is 0 Å². The number of rotatable bonds is 1. The number of fused-ring (bicyclic) bond motifs is 1. The molecule has 1 saturated carbocycles. The van der Waals surface area contributed by atoms with Gasteiger partial charge in [0.15, 0.2) is 0 Å². The van der Waals surface area contributed by atoms with Gasteiger partial charge in [-0.2, -0.15) is 0 Å². The fraction of sp³-hybridized carbons (Fsp3) is 1.00. The Bertz CT molecular complexity index is 160. The highest BCUT2D eigenvalue weighted by Gasteiger charge is 2.49. The molecule has 0 spiro atoms. The molecule has 64 valence electrons. The van der Waals surface area contributed by atoms with E-state index in [4.69, 9.17) is 4.74 Å². The van der Waals surface area contributed by atoms with Crippen LogP contribution in [0.5, 0.6) is 0 Å². The molecule has 1 saturated heterocycles. The zero-order valence-corrected chi connectivity index (χ0v) is 8.56. The van der Waals surface area contributed by atoms with Crippen molar-refractivity contribution in [1.82, 2.24) is 0 Å². The molecule has 1 aliphatic carbocycles. The number of hydrogen-bond acceptors (Lipinski definition) is 1. The van der Waals surface area contributed by atoms with Crippen molar-refractivity contribution in [1.29, 1.82) is 0 Å². The minimum Gasteiger partial charge on any atom is -0.375 e. The van der Waals surface area contributed by atoms with Crippen LogP contribution in [0.15, 0.2) is 0 Å². The van der Waals surface area contributed by atoms with E-state index in [1.165, 1.54) is 25.7 Å². The van der Waals surface area contributed by atoms with Gasteiger partial charge in [-0.3, -0.25) is 0 Å². The largest absolute Gasteiger partial charge is 0.375 e.